The smallest absolute Gasteiger partial charge is 0.239 e. The van der Waals surface area contributed by atoms with Crippen molar-refractivity contribution in [3.63, 3.8) is 0 Å². The molecule has 0 bridgehead atoms. The number of halogens is 1. The van der Waals surface area contributed by atoms with Gasteiger partial charge in [0.25, 0.3) is 0 Å². The standard InChI is InChI=1S/C21H33FN4O2/c1-5-15(3)21(28)23-14-20(27)24-16(4)18-13-17(22)7-8-19(18)26-11-9-25(6-2)10-12-26/h7-8,13,15-16H,5-6,9-12,14H2,1-4H3,(H,23,28)(H,24,27). The molecule has 7 heteroatoms. The summed E-state index contributed by atoms with van der Waals surface area (Å²) in [5.74, 6) is -0.861. The van der Waals surface area contributed by atoms with Crippen molar-refractivity contribution >= 4 is 17.5 Å². The number of piperazine rings is 1. The molecule has 2 amide bonds. The maximum absolute atomic E-state index is 13.9. The summed E-state index contributed by atoms with van der Waals surface area (Å²) in [5.41, 5.74) is 1.71. The summed E-state index contributed by atoms with van der Waals surface area (Å²) in [4.78, 5) is 28.7. The largest absolute Gasteiger partial charge is 0.369 e. The van der Waals surface area contributed by atoms with Gasteiger partial charge in [-0.25, -0.2) is 4.39 Å². The number of anilines is 1. The number of rotatable bonds is 8. The summed E-state index contributed by atoms with van der Waals surface area (Å²) in [6.45, 7) is 12.4. The lowest BCUT2D eigenvalue weighted by Crippen LogP contribution is -2.46. The molecule has 0 radical (unpaired) electrons. The Morgan fingerprint density at radius 2 is 1.82 bits per heavy atom. The Morgan fingerprint density at radius 1 is 1.14 bits per heavy atom. The molecule has 2 N–H and O–H groups in total. The molecule has 2 atom stereocenters. The topological polar surface area (TPSA) is 64.7 Å². The highest BCUT2D eigenvalue weighted by Crippen LogP contribution is 2.28. The van der Waals surface area contributed by atoms with E-state index in [1.807, 2.05) is 20.8 Å². The van der Waals surface area contributed by atoms with Crippen LogP contribution in [0.4, 0.5) is 10.1 Å². The predicted octanol–water partition coefficient (Wildman–Crippen LogP) is 2.31. The summed E-state index contributed by atoms with van der Waals surface area (Å²) in [6, 6.07) is 4.39. The molecule has 2 unspecified atom stereocenters. The van der Waals surface area contributed by atoms with Crippen LogP contribution >= 0.6 is 0 Å². The van der Waals surface area contributed by atoms with Gasteiger partial charge >= 0.3 is 0 Å². The molecule has 1 heterocycles. The van der Waals surface area contributed by atoms with Crippen LogP contribution in [0.5, 0.6) is 0 Å². The SMILES string of the molecule is CCC(C)C(=O)NCC(=O)NC(C)c1cc(F)ccc1N1CCN(CC)CC1. The lowest BCUT2D eigenvalue weighted by molar-refractivity contribution is -0.128. The molecular weight excluding hydrogens is 359 g/mol. The Balaban J connectivity index is 2.02. The molecule has 156 valence electrons. The monoisotopic (exact) mass is 392 g/mol. The van der Waals surface area contributed by atoms with E-state index in [0.717, 1.165) is 50.4 Å². The third-order valence-electron chi connectivity index (χ3n) is 5.48. The summed E-state index contributed by atoms with van der Waals surface area (Å²) in [7, 11) is 0. The minimum Gasteiger partial charge on any atom is -0.369 e. The summed E-state index contributed by atoms with van der Waals surface area (Å²) >= 11 is 0. The fourth-order valence-electron chi connectivity index (χ4n) is 3.36. The number of carbonyl (C=O) groups excluding carboxylic acids is 2. The molecule has 28 heavy (non-hydrogen) atoms. The van der Waals surface area contributed by atoms with Gasteiger partial charge in [-0.3, -0.25) is 9.59 Å². The van der Waals surface area contributed by atoms with Crippen LogP contribution in [0.2, 0.25) is 0 Å². The number of likely N-dealkylation sites (N-methyl/N-ethyl adjacent to an activating group) is 1. The van der Waals surface area contributed by atoms with E-state index in [0.29, 0.717) is 0 Å². The molecule has 1 aromatic carbocycles. The molecule has 1 aliphatic rings. The second-order valence-corrected chi connectivity index (χ2v) is 7.44. The Labute approximate surface area is 167 Å². The second kappa shape index (κ2) is 10.4. The summed E-state index contributed by atoms with van der Waals surface area (Å²) in [5, 5.41) is 5.53. The number of benzene rings is 1. The van der Waals surface area contributed by atoms with Gasteiger partial charge in [0.05, 0.1) is 12.6 Å². The number of nitrogens with zero attached hydrogens (tertiary/aromatic N) is 2. The van der Waals surface area contributed by atoms with Gasteiger partial charge in [0.2, 0.25) is 11.8 Å². The van der Waals surface area contributed by atoms with Crippen LogP contribution in [0.25, 0.3) is 0 Å². The van der Waals surface area contributed by atoms with E-state index in [1.165, 1.54) is 12.1 Å². The molecule has 1 aromatic rings. The van der Waals surface area contributed by atoms with Gasteiger partial charge in [0.1, 0.15) is 5.82 Å². The highest BCUT2D eigenvalue weighted by Gasteiger charge is 2.22. The third-order valence-corrected chi connectivity index (χ3v) is 5.48. The van der Waals surface area contributed by atoms with Crippen LogP contribution in [-0.4, -0.2) is 56.0 Å². The molecule has 6 nitrogen and oxygen atoms in total. The Hall–Kier alpha value is -2.15. The first-order valence-electron chi connectivity index (χ1n) is 10.2. The van der Waals surface area contributed by atoms with Gasteiger partial charge in [-0.1, -0.05) is 20.8 Å². The van der Waals surface area contributed by atoms with Crippen LogP contribution in [0.15, 0.2) is 18.2 Å². The first kappa shape index (κ1) is 22.1. The first-order valence-corrected chi connectivity index (χ1v) is 10.2. The molecule has 2 rings (SSSR count). The molecule has 0 aromatic heterocycles. The minimum absolute atomic E-state index is 0.0761. The minimum atomic E-state index is -0.358. The molecule has 0 aliphatic carbocycles. The van der Waals surface area contributed by atoms with Crippen molar-refractivity contribution < 1.29 is 14.0 Å². The fourth-order valence-corrected chi connectivity index (χ4v) is 3.36. The zero-order chi connectivity index (χ0) is 20.7. The summed E-state index contributed by atoms with van der Waals surface area (Å²) in [6.07, 6.45) is 0.724. The highest BCUT2D eigenvalue weighted by molar-refractivity contribution is 5.85. The molecule has 1 aliphatic heterocycles. The average molecular weight is 393 g/mol. The van der Waals surface area contributed by atoms with E-state index in [-0.39, 0.29) is 36.1 Å². The number of hydrogen-bond donors (Lipinski definition) is 2. The van der Waals surface area contributed by atoms with E-state index < -0.39 is 0 Å². The van der Waals surface area contributed by atoms with Crippen LogP contribution in [0, 0.1) is 11.7 Å². The van der Waals surface area contributed by atoms with Gasteiger partial charge in [0, 0.05) is 43.3 Å². The van der Waals surface area contributed by atoms with Crippen molar-refractivity contribution in [3.05, 3.63) is 29.6 Å². The average Bonchev–Trinajstić information content (AvgIpc) is 2.71. The normalized spacial score (nSPS) is 17.1. The molecule has 0 spiro atoms. The van der Waals surface area contributed by atoms with Crippen molar-refractivity contribution in [1.29, 1.82) is 0 Å². The van der Waals surface area contributed by atoms with Crippen molar-refractivity contribution in [2.24, 2.45) is 5.92 Å². The Kier molecular flexibility index (Phi) is 8.23. The maximum atomic E-state index is 13.9. The van der Waals surface area contributed by atoms with E-state index in [1.54, 1.807) is 6.07 Å². The quantitative estimate of drug-likeness (QED) is 0.713. The second-order valence-electron chi connectivity index (χ2n) is 7.44. The van der Waals surface area contributed by atoms with Gasteiger partial charge in [-0.15, -0.1) is 0 Å². The molecule has 0 saturated carbocycles. The lowest BCUT2D eigenvalue weighted by atomic mass is 10.0. The van der Waals surface area contributed by atoms with Gasteiger partial charge in [-0.05, 0) is 38.1 Å². The van der Waals surface area contributed by atoms with E-state index in [9.17, 15) is 14.0 Å². The van der Waals surface area contributed by atoms with Crippen LogP contribution < -0.4 is 15.5 Å². The van der Waals surface area contributed by atoms with Gasteiger partial charge in [-0.2, -0.15) is 0 Å². The van der Waals surface area contributed by atoms with Crippen LogP contribution in [0.3, 0.4) is 0 Å². The molecular formula is C21H33FN4O2. The van der Waals surface area contributed by atoms with Crippen molar-refractivity contribution in [2.75, 3.05) is 44.2 Å². The highest BCUT2D eigenvalue weighted by atomic mass is 19.1. The predicted molar refractivity (Wildman–Crippen MR) is 110 cm³/mol. The summed E-state index contributed by atoms with van der Waals surface area (Å²) < 4.78 is 13.9. The van der Waals surface area contributed by atoms with E-state index in [4.69, 9.17) is 0 Å². The van der Waals surface area contributed by atoms with Crippen LogP contribution in [-0.2, 0) is 9.59 Å². The van der Waals surface area contributed by atoms with Gasteiger partial charge < -0.3 is 20.4 Å². The Bertz CT molecular complexity index is 674. The fraction of sp³-hybridized carbons (Fsp3) is 0.619. The van der Waals surface area contributed by atoms with E-state index >= 15 is 0 Å². The number of hydrogen-bond acceptors (Lipinski definition) is 4. The Morgan fingerprint density at radius 3 is 2.43 bits per heavy atom. The van der Waals surface area contributed by atoms with Crippen molar-refractivity contribution in [3.8, 4) is 0 Å². The first-order chi connectivity index (χ1) is 13.3. The molecule has 1 fully saturated rings. The maximum Gasteiger partial charge on any atom is 0.239 e. The van der Waals surface area contributed by atoms with Crippen molar-refractivity contribution in [1.82, 2.24) is 15.5 Å². The number of amides is 2. The molecule has 1 saturated heterocycles. The zero-order valence-corrected chi connectivity index (χ0v) is 17.4. The lowest BCUT2D eigenvalue weighted by Gasteiger charge is -2.37. The third kappa shape index (κ3) is 5.92. The van der Waals surface area contributed by atoms with Gasteiger partial charge in [0.15, 0.2) is 0 Å². The number of nitrogens with one attached hydrogen (secondary N) is 2. The zero-order valence-electron chi connectivity index (χ0n) is 17.4. The van der Waals surface area contributed by atoms with Crippen LogP contribution in [0.1, 0.15) is 45.7 Å². The van der Waals surface area contributed by atoms with E-state index in [2.05, 4.69) is 27.4 Å². The number of carbonyl (C=O) groups is 2. The van der Waals surface area contributed by atoms with Crippen molar-refractivity contribution in [2.45, 2.75) is 40.2 Å².